The molecule has 1 heterocycles. The van der Waals surface area contributed by atoms with E-state index in [2.05, 4.69) is 60.4 Å². The molecule has 3 unspecified atom stereocenters. The van der Waals surface area contributed by atoms with Gasteiger partial charge in [-0.3, -0.25) is 4.98 Å². The number of hydrogen-bond donors (Lipinski definition) is 2. The van der Waals surface area contributed by atoms with Gasteiger partial charge in [-0.05, 0) is 73.9 Å². The lowest BCUT2D eigenvalue weighted by molar-refractivity contribution is 0.516. The molecule has 0 spiro atoms. The molecule has 0 amide bonds. The van der Waals surface area contributed by atoms with Crippen molar-refractivity contribution in [2.75, 3.05) is 0 Å². The summed E-state index contributed by atoms with van der Waals surface area (Å²) in [5.41, 5.74) is 13.0. The van der Waals surface area contributed by atoms with Gasteiger partial charge in [0.25, 0.3) is 0 Å². The summed E-state index contributed by atoms with van der Waals surface area (Å²) in [4.78, 5) is 27.2. The smallest absolute Gasteiger partial charge is 0.328 e. The van der Waals surface area contributed by atoms with Crippen LogP contribution in [0, 0.1) is 11.8 Å². The van der Waals surface area contributed by atoms with Crippen molar-refractivity contribution in [2.45, 2.75) is 91.8 Å². The van der Waals surface area contributed by atoms with Gasteiger partial charge in [0.2, 0.25) is 0 Å². The average molecular weight is 530 g/mol. The van der Waals surface area contributed by atoms with Crippen molar-refractivity contribution in [3.05, 3.63) is 115 Å². The maximum absolute atomic E-state index is 13.0. The van der Waals surface area contributed by atoms with Gasteiger partial charge >= 0.3 is 5.69 Å². The van der Waals surface area contributed by atoms with Crippen molar-refractivity contribution >= 4 is 0 Å². The molecular weight excluding hydrogens is 486 g/mol. The summed E-state index contributed by atoms with van der Waals surface area (Å²) in [7, 11) is 0. The van der Waals surface area contributed by atoms with Crippen LogP contribution in [0.15, 0.2) is 70.2 Å². The van der Waals surface area contributed by atoms with Crippen molar-refractivity contribution < 1.29 is 0 Å². The third-order valence-corrected chi connectivity index (χ3v) is 6.90. The first-order valence-corrected chi connectivity index (χ1v) is 14.0. The zero-order valence-electron chi connectivity index (χ0n) is 24.4. The maximum atomic E-state index is 13.0. The first-order valence-electron chi connectivity index (χ1n) is 14.0. The molecule has 2 aliphatic rings. The van der Waals surface area contributed by atoms with Gasteiger partial charge < -0.3 is 5.73 Å². The number of aromatic amines is 1. The minimum absolute atomic E-state index is 0.0872. The number of rotatable bonds is 4. The number of nitrogens with one attached hydrogen (secondary N) is 1. The highest BCUT2D eigenvalue weighted by Gasteiger charge is 2.30. The number of hydrogen-bond acceptors (Lipinski definition) is 5. The number of nitrogens with two attached hydrogens (primary N) is 1. The maximum Gasteiger partial charge on any atom is 0.343 e. The second kappa shape index (κ2) is 13.5. The highest BCUT2D eigenvalue weighted by atomic mass is 16.3. The highest BCUT2D eigenvalue weighted by molar-refractivity contribution is 5.50. The Morgan fingerprint density at radius 3 is 2.23 bits per heavy atom. The minimum Gasteiger partial charge on any atom is -0.328 e. The van der Waals surface area contributed by atoms with Gasteiger partial charge in [-0.1, -0.05) is 98.6 Å². The molecule has 0 radical (unpaired) electrons. The lowest BCUT2D eigenvalue weighted by atomic mass is 9.86. The van der Waals surface area contributed by atoms with Gasteiger partial charge in [-0.2, -0.15) is 10.0 Å². The van der Waals surface area contributed by atoms with Crippen molar-refractivity contribution in [3.8, 4) is 0 Å². The van der Waals surface area contributed by atoms with E-state index in [1.165, 1.54) is 27.8 Å². The summed E-state index contributed by atoms with van der Waals surface area (Å²) in [5.74, 6) is 0.479. The quantitative estimate of drug-likeness (QED) is 0.362. The molecule has 2 aromatic carbocycles. The molecule has 5 rings (SSSR count). The molecule has 0 aliphatic heterocycles. The monoisotopic (exact) mass is 529 g/mol. The fourth-order valence-electron chi connectivity index (χ4n) is 5.01. The molecule has 3 aromatic rings. The first-order chi connectivity index (χ1) is 18.7. The van der Waals surface area contributed by atoms with Crippen LogP contribution >= 0.6 is 0 Å². The van der Waals surface area contributed by atoms with E-state index in [0.29, 0.717) is 11.9 Å². The Morgan fingerprint density at radius 2 is 1.64 bits per heavy atom. The second-order valence-corrected chi connectivity index (χ2v) is 10.5. The topological polar surface area (TPSA) is 106 Å². The van der Waals surface area contributed by atoms with Crippen LogP contribution in [0.1, 0.15) is 105 Å². The largest absolute Gasteiger partial charge is 0.343 e. The lowest BCUT2D eigenvalue weighted by Gasteiger charge is -2.20. The normalized spacial score (nSPS) is 18.3. The molecule has 1 aromatic heterocycles. The van der Waals surface area contributed by atoms with E-state index in [1.807, 2.05) is 52.8 Å². The fourth-order valence-corrected chi connectivity index (χ4v) is 5.01. The third-order valence-electron chi connectivity index (χ3n) is 6.90. The number of aryl methyl sites for hydroxylation is 3. The van der Waals surface area contributed by atoms with Crippen molar-refractivity contribution in [1.29, 1.82) is 0 Å². The van der Waals surface area contributed by atoms with Crippen molar-refractivity contribution in [3.63, 3.8) is 0 Å². The van der Waals surface area contributed by atoms with Crippen LogP contribution in [0.3, 0.4) is 0 Å². The SMILES string of the molecule is CC.CC(C)N.CC1=CCC(n2nc(C3c4ccc(C)cc4CCc4cc(C(C)N=O)ccc43)[nH]c2=O)C=C1. The molecule has 2 aliphatic carbocycles. The molecule has 3 N–H and O–H groups in total. The van der Waals surface area contributed by atoms with E-state index in [4.69, 9.17) is 10.8 Å². The Kier molecular flexibility index (Phi) is 10.4. The molecule has 0 fully saturated rings. The Labute approximate surface area is 232 Å². The van der Waals surface area contributed by atoms with Gasteiger partial charge in [0.05, 0.1) is 12.0 Å². The Hall–Kier alpha value is -3.58. The molecular formula is C32H43N5O2. The van der Waals surface area contributed by atoms with Crippen LogP contribution in [0.25, 0.3) is 0 Å². The molecule has 0 saturated heterocycles. The van der Waals surface area contributed by atoms with E-state index in [-0.39, 0.29) is 17.6 Å². The Bertz CT molecular complexity index is 1390. The number of nitrogens with zero attached hydrogens (tertiary/aromatic N) is 3. The predicted octanol–water partition coefficient (Wildman–Crippen LogP) is 6.81. The van der Waals surface area contributed by atoms with Gasteiger partial charge in [-0.15, -0.1) is 0 Å². The molecule has 3 atom stereocenters. The van der Waals surface area contributed by atoms with E-state index in [1.54, 1.807) is 4.68 Å². The van der Waals surface area contributed by atoms with Crippen molar-refractivity contribution in [2.24, 2.45) is 10.9 Å². The van der Waals surface area contributed by atoms with Crippen LogP contribution in [0.2, 0.25) is 0 Å². The molecule has 0 saturated carbocycles. The summed E-state index contributed by atoms with van der Waals surface area (Å²) in [5, 5.41) is 8.02. The van der Waals surface area contributed by atoms with E-state index >= 15 is 0 Å². The Morgan fingerprint density at radius 1 is 1.03 bits per heavy atom. The van der Waals surface area contributed by atoms with Crippen molar-refractivity contribution in [1.82, 2.24) is 14.8 Å². The number of nitroso groups, excluding NO2 is 1. The van der Waals surface area contributed by atoms with Crippen LogP contribution in [-0.2, 0) is 12.8 Å². The fraction of sp³-hybridized carbons (Fsp3) is 0.438. The van der Waals surface area contributed by atoms with Crippen LogP contribution in [-0.4, -0.2) is 20.8 Å². The number of benzene rings is 2. The first kappa shape index (κ1) is 30.0. The molecule has 7 nitrogen and oxygen atoms in total. The minimum atomic E-state index is -0.393. The van der Waals surface area contributed by atoms with Crippen LogP contribution in [0.4, 0.5) is 0 Å². The summed E-state index contributed by atoms with van der Waals surface area (Å²) in [6, 6.07) is 12.5. The van der Waals surface area contributed by atoms with Gasteiger partial charge in [0, 0.05) is 0 Å². The average Bonchev–Trinajstić information content (AvgIpc) is 3.22. The number of allylic oxidation sites excluding steroid dienone is 4. The van der Waals surface area contributed by atoms with E-state index < -0.39 is 6.04 Å². The number of fused-ring (bicyclic) bond motifs is 2. The number of aromatic nitrogens is 3. The zero-order chi connectivity index (χ0) is 28.7. The molecule has 0 bridgehead atoms. The summed E-state index contributed by atoms with van der Waals surface area (Å²) in [6.07, 6.45) is 8.73. The van der Waals surface area contributed by atoms with Gasteiger partial charge in [-0.25, -0.2) is 9.48 Å². The van der Waals surface area contributed by atoms with Gasteiger partial charge in [0.1, 0.15) is 11.9 Å². The molecule has 208 valence electrons. The standard InChI is InChI=1S/C27H28N4O2.C3H9N.C2H6/c1-16-4-10-22(11-5-16)31-27(32)28-26(29-31)25-23-12-6-17(2)14-20(23)7-8-21-15-19(18(3)30-33)9-13-24(21)25;1-3(2)4;1-2/h4-6,9-10,12-15,18,22,25H,7-8,11H2,1-3H3,(H,28,29,32);3H,4H2,1-2H3;1-2H3. The van der Waals surface area contributed by atoms with E-state index in [0.717, 1.165) is 30.4 Å². The molecule has 39 heavy (non-hydrogen) atoms. The van der Waals surface area contributed by atoms with Crippen LogP contribution in [0.5, 0.6) is 0 Å². The second-order valence-electron chi connectivity index (χ2n) is 10.5. The summed E-state index contributed by atoms with van der Waals surface area (Å²) >= 11 is 0. The summed E-state index contributed by atoms with van der Waals surface area (Å²) < 4.78 is 1.57. The predicted molar refractivity (Wildman–Crippen MR) is 160 cm³/mol. The Balaban J connectivity index is 0.000000644. The molecule has 7 heteroatoms. The van der Waals surface area contributed by atoms with Crippen LogP contribution < -0.4 is 11.4 Å². The third kappa shape index (κ3) is 7.09. The van der Waals surface area contributed by atoms with Gasteiger partial charge in [0.15, 0.2) is 0 Å². The number of H-pyrrole nitrogens is 1. The van der Waals surface area contributed by atoms with E-state index in [9.17, 15) is 9.70 Å². The zero-order valence-corrected chi connectivity index (χ0v) is 24.4. The lowest BCUT2D eigenvalue weighted by Crippen LogP contribution is -2.22. The highest BCUT2D eigenvalue weighted by Crippen LogP contribution is 2.39. The summed E-state index contributed by atoms with van der Waals surface area (Å²) in [6.45, 7) is 13.9.